The second-order valence-electron chi connectivity index (χ2n) is 23.4. The molecule has 19 rings (SSSR count). The Morgan fingerprint density at radius 3 is 0.888 bits per heavy atom. The molecule has 6 aliphatic rings. The first-order valence-corrected chi connectivity index (χ1v) is 30.6. The van der Waals surface area contributed by atoms with Gasteiger partial charge < -0.3 is 38.4 Å². The molecule has 0 radical (unpaired) electrons. The first-order chi connectivity index (χ1) is 44.2. The minimum atomic E-state index is -0.592. The molecule has 0 aromatic heterocycles. The lowest BCUT2D eigenvalue weighted by molar-refractivity contribution is 0.577. The molecular weight excluding hydrogens is 1090 g/mol. The van der Waals surface area contributed by atoms with Crippen molar-refractivity contribution < 1.29 is 9.31 Å². The molecule has 89 heavy (non-hydrogen) atoms. The molecule has 0 saturated heterocycles. The van der Waals surface area contributed by atoms with Crippen molar-refractivity contribution >= 4 is 117 Å². The van der Waals surface area contributed by atoms with Gasteiger partial charge in [0, 0.05) is 101 Å². The van der Waals surface area contributed by atoms with E-state index in [-0.39, 0.29) is 0 Å². The van der Waals surface area contributed by atoms with E-state index in [1.807, 2.05) is 0 Å². The van der Waals surface area contributed by atoms with E-state index >= 15 is 0 Å². The smallest absolute Gasteiger partial charge is 0.525 e. The van der Waals surface area contributed by atoms with Crippen molar-refractivity contribution in [2.45, 2.75) is 0 Å². The van der Waals surface area contributed by atoms with E-state index in [2.05, 4.69) is 338 Å². The highest BCUT2D eigenvalue weighted by atomic mass is 16.5. The third-order valence-corrected chi connectivity index (χ3v) is 18.7. The summed E-state index contributed by atoms with van der Waals surface area (Å²) >= 11 is 0. The highest BCUT2D eigenvalue weighted by Crippen LogP contribution is 2.64. The fourth-order valence-electron chi connectivity index (χ4n) is 15.3. The highest BCUT2D eigenvalue weighted by molar-refractivity contribution is 6.90. The lowest BCUT2D eigenvalue weighted by atomic mass is 9.46. The molecule has 8 nitrogen and oxygen atoms in total. The molecule has 0 unspecified atom stereocenters. The van der Waals surface area contributed by atoms with Gasteiger partial charge in [-0.15, -0.1) is 0 Å². The van der Waals surface area contributed by atoms with Crippen LogP contribution in [0.1, 0.15) is 0 Å². The van der Waals surface area contributed by atoms with E-state index in [4.69, 9.17) is 9.31 Å². The van der Waals surface area contributed by atoms with Crippen molar-refractivity contribution in [3.63, 3.8) is 0 Å². The number of hydrogen-bond donors (Lipinski definition) is 0. The molecular formula is C78H51B3N6O2. The molecule has 0 spiro atoms. The summed E-state index contributed by atoms with van der Waals surface area (Å²) in [6.45, 7) is -0.546. The minimum absolute atomic E-state index is 0.546. The van der Waals surface area contributed by atoms with E-state index < -0.39 is 21.1 Å². The molecule has 0 bridgehead atoms. The van der Waals surface area contributed by atoms with Gasteiger partial charge in [-0.2, -0.15) is 0 Å². The Hall–Kier alpha value is -11.5. The SMILES string of the molecule is c1ccc(N2B3Oc4ccccc4-c4cc(N(c5ccccc5)c5ccccc5)c5c(c43)-c3c2cc2c4c3B(N5c3ccccc3)N(c3ccccc3)c3c(N(c5ccccc5)c5ccccc5)cc5c(c3-4)B(Oc3ccccc3-5)N2c2ccccc2)cc1. The number of anilines is 14. The Bertz CT molecular complexity index is 4570. The maximum absolute atomic E-state index is 7.71. The standard InChI is InChI=1S/C78H51B3N6O2/c1-9-29-52(30-10-1)82(53-31-11-2-12-32-53)66-49-62-60-45-25-27-47-68(60)88-80-74(62)72-70-64(84(80)56-37-17-5-18-38-56)51-65-71-73-75-63(61-46-26-28-48-69(61)89-81(75)85(65)57-39-19-6-20-40-57)50-67(83(54-33-13-3-14-34-54)55-35-15-4-16-36-55)78(73)87(59-43-23-8-24-44-59)79(76(70)71)86(77(66)72)58-41-21-7-22-42-58/h1-51H. The average molecular weight is 1140 g/mol. The Kier molecular flexibility index (Phi) is 10.9. The van der Waals surface area contributed by atoms with Crippen LogP contribution in [0.4, 0.5) is 79.6 Å². The maximum Gasteiger partial charge on any atom is 0.525 e. The van der Waals surface area contributed by atoms with E-state index in [1.54, 1.807) is 0 Å². The normalized spacial score (nSPS) is 13.6. The van der Waals surface area contributed by atoms with Gasteiger partial charge in [0.1, 0.15) is 11.5 Å². The van der Waals surface area contributed by atoms with E-state index in [0.717, 1.165) is 147 Å². The zero-order valence-corrected chi connectivity index (χ0v) is 48.2. The zero-order chi connectivity index (χ0) is 58.3. The van der Waals surface area contributed by atoms with Crippen LogP contribution in [-0.4, -0.2) is 21.1 Å². The van der Waals surface area contributed by atoms with Crippen LogP contribution in [0.3, 0.4) is 0 Å². The van der Waals surface area contributed by atoms with Crippen LogP contribution in [0.15, 0.2) is 309 Å². The molecule has 11 heteroatoms. The number of para-hydroxylation sites is 10. The number of fused-ring (bicyclic) bond motifs is 4. The largest absolute Gasteiger partial charge is 0.537 e. The lowest BCUT2D eigenvalue weighted by Gasteiger charge is -2.55. The minimum Gasteiger partial charge on any atom is -0.537 e. The summed E-state index contributed by atoms with van der Waals surface area (Å²) in [5.74, 6) is 1.66. The first kappa shape index (κ1) is 49.7. The number of rotatable bonds is 10. The predicted molar refractivity (Wildman–Crippen MR) is 369 cm³/mol. The topological polar surface area (TPSA) is 37.9 Å². The van der Waals surface area contributed by atoms with Crippen molar-refractivity contribution in [2.75, 3.05) is 29.0 Å². The van der Waals surface area contributed by atoms with Gasteiger partial charge in [-0.1, -0.05) is 182 Å². The Labute approximate surface area is 517 Å². The summed E-state index contributed by atoms with van der Waals surface area (Å²) in [4.78, 5) is 15.3. The Morgan fingerprint density at radius 1 is 0.258 bits per heavy atom. The molecule has 13 aromatic carbocycles. The van der Waals surface area contributed by atoms with Crippen LogP contribution in [-0.2, 0) is 0 Å². The van der Waals surface area contributed by atoms with Crippen LogP contribution in [0.25, 0.3) is 44.5 Å². The van der Waals surface area contributed by atoms with E-state index in [0.29, 0.717) is 0 Å². The van der Waals surface area contributed by atoms with Crippen LogP contribution < -0.4 is 54.7 Å². The summed E-state index contributed by atoms with van der Waals surface area (Å²) in [6.07, 6.45) is 0. The molecule has 0 amide bonds. The van der Waals surface area contributed by atoms with Crippen LogP contribution >= 0.6 is 0 Å². The summed E-state index contributed by atoms with van der Waals surface area (Å²) in [5, 5.41) is 0. The van der Waals surface area contributed by atoms with Gasteiger partial charge in [0.15, 0.2) is 0 Å². The van der Waals surface area contributed by atoms with Gasteiger partial charge in [0.05, 0.1) is 22.7 Å². The molecule has 0 saturated carbocycles. The number of hydrogen-bond acceptors (Lipinski definition) is 8. The maximum atomic E-state index is 7.71. The summed E-state index contributed by atoms with van der Waals surface area (Å²) in [7, 11) is -1.18. The molecule has 0 fully saturated rings. The molecule has 0 N–H and O–H groups in total. The summed E-state index contributed by atoms with van der Waals surface area (Å²) in [5.41, 5.74) is 27.0. The van der Waals surface area contributed by atoms with Crippen LogP contribution in [0, 0.1) is 0 Å². The van der Waals surface area contributed by atoms with Gasteiger partial charge in [-0.3, -0.25) is 0 Å². The summed E-state index contributed by atoms with van der Waals surface area (Å²) in [6, 6.07) is 112. The molecule has 0 atom stereocenters. The predicted octanol–water partition coefficient (Wildman–Crippen LogP) is 17.8. The van der Waals surface area contributed by atoms with Crippen molar-refractivity contribution in [1.82, 2.24) is 0 Å². The van der Waals surface area contributed by atoms with Crippen molar-refractivity contribution in [2.24, 2.45) is 0 Å². The summed E-state index contributed by atoms with van der Waals surface area (Å²) < 4.78 is 15.4. The Morgan fingerprint density at radius 2 is 0.551 bits per heavy atom. The quantitative estimate of drug-likeness (QED) is 0.125. The Balaban J connectivity index is 1.07. The van der Waals surface area contributed by atoms with Gasteiger partial charge in [0.2, 0.25) is 0 Å². The molecule has 414 valence electrons. The third-order valence-electron chi connectivity index (χ3n) is 18.7. The van der Waals surface area contributed by atoms with Gasteiger partial charge in [-0.05, 0) is 144 Å². The number of benzene rings is 13. The molecule has 6 aliphatic heterocycles. The monoisotopic (exact) mass is 1140 g/mol. The molecule has 0 aliphatic carbocycles. The number of nitrogens with zero attached hydrogens (tertiary/aromatic N) is 6. The van der Waals surface area contributed by atoms with Gasteiger partial charge >= 0.3 is 21.1 Å². The van der Waals surface area contributed by atoms with E-state index in [1.165, 1.54) is 5.46 Å². The van der Waals surface area contributed by atoms with Crippen LogP contribution in [0.5, 0.6) is 11.5 Å². The van der Waals surface area contributed by atoms with Gasteiger partial charge in [0.25, 0.3) is 0 Å². The fraction of sp³-hybridized carbons (Fsp3) is 0. The van der Waals surface area contributed by atoms with Crippen LogP contribution in [0.2, 0.25) is 0 Å². The average Bonchev–Trinajstić information content (AvgIpc) is 0.659. The molecule has 13 aromatic rings. The van der Waals surface area contributed by atoms with Crippen molar-refractivity contribution in [3.05, 3.63) is 309 Å². The second-order valence-corrected chi connectivity index (χ2v) is 23.4. The van der Waals surface area contributed by atoms with Gasteiger partial charge in [-0.25, -0.2) is 0 Å². The van der Waals surface area contributed by atoms with E-state index in [9.17, 15) is 0 Å². The lowest BCUT2D eigenvalue weighted by Crippen LogP contribution is -2.67. The second kappa shape index (κ2) is 19.5. The first-order valence-electron chi connectivity index (χ1n) is 30.6. The fourth-order valence-corrected chi connectivity index (χ4v) is 15.3. The highest BCUT2D eigenvalue weighted by Gasteiger charge is 2.60. The van der Waals surface area contributed by atoms with Crippen molar-refractivity contribution in [3.8, 4) is 56.0 Å². The third kappa shape index (κ3) is 7.21. The zero-order valence-electron chi connectivity index (χ0n) is 48.2. The van der Waals surface area contributed by atoms with Crippen molar-refractivity contribution in [1.29, 1.82) is 0 Å². The molecule has 6 heterocycles.